The van der Waals surface area contributed by atoms with Gasteiger partial charge < -0.3 is 10.6 Å². The van der Waals surface area contributed by atoms with Gasteiger partial charge in [0.15, 0.2) is 0 Å². The lowest BCUT2D eigenvalue weighted by molar-refractivity contribution is 0.456. The van der Waals surface area contributed by atoms with Gasteiger partial charge in [-0.25, -0.2) is 0 Å². The molecule has 2 N–H and O–H groups in total. The third kappa shape index (κ3) is 4.24. The molecule has 1 aromatic heterocycles. The van der Waals surface area contributed by atoms with Crippen molar-refractivity contribution in [3.8, 4) is 0 Å². The van der Waals surface area contributed by atoms with Crippen molar-refractivity contribution in [2.75, 3.05) is 11.9 Å². The van der Waals surface area contributed by atoms with Crippen molar-refractivity contribution in [2.45, 2.75) is 58.0 Å². The number of hydrogen-bond donors (Lipinski definition) is 2. The monoisotopic (exact) mass is 254 g/mol. The van der Waals surface area contributed by atoms with Crippen LogP contribution in [0, 0.1) is 6.92 Å². The van der Waals surface area contributed by atoms with Crippen molar-refractivity contribution in [3.05, 3.63) is 5.01 Å². The van der Waals surface area contributed by atoms with Crippen LogP contribution < -0.4 is 10.6 Å². The van der Waals surface area contributed by atoms with Crippen LogP contribution in [0.3, 0.4) is 0 Å². The number of aryl methyl sites for hydroxylation is 1. The van der Waals surface area contributed by atoms with Gasteiger partial charge in [-0.2, -0.15) is 0 Å². The number of anilines is 1. The van der Waals surface area contributed by atoms with Gasteiger partial charge in [-0.3, -0.25) is 0 Å². The Morgan fingerprint density at radius 2 is 2.29 bits per heavy atom. The summed E-state index contributed by atoms with van der Waals surface area (Å²) in [5.74, 6) is 0. The summed E-state index contributed by atoms with van der Waals surface area (Å²) in [5.41, 5.74) is 0. The van der Waals surface area contributed by atoms with E-state index in [-0.39, 0.29) is 0 Å². The third-order valence-electron chi connectivity index (χ3n) is 3.20. The van der Waals surface area contributed by atoms with Gasteiger partial charge in [-0.1, -0.05) is 24.2 Å². The molecular formula is C12H22N4S. The maximum Gasteiger partial charge on any atom is 0.205 e. The first-order valence-electron chi connectivity index (χ1n) is 6.54. The minimum absolute atomic E-state index is 0.456. The Bertz CT molecular complexity index is 331. The minimum atomic E-state index is 0.456. The van der Waals surface area contributed by atoms with E-state index in [4.69, 9.17) is 0 Å². The summed E-state index contributed by atoms with van der Waals surface area (Å²) in [4.78, 5) is 0. The topological polar surface area (TPSA) is 49.8 Å². The summed E-state index contributed by atoms with van der Waals surface area (Å²) in [6.45, 7) is 5.39. The Hall–Kier alpha value is -0.680. The molecule has 96 valence electrons. The Labute approximate surface area is 107 Å². The quantitative estimate of drug-likeness (QED) is 0.867. The maximum absolute atomic E-state index is 4.10. The summed E-state index contributed by atoms with van der Waals surface area (Å²) in [7, 11) is 0. The van der Waals surface area contributed by atoms with E-state index in [9.17, 15) is 0 Å². The molecule has 2 atom stereocenters. The smallest absolute Gasteiger partial charge is 0.205 e. The van der Waals surface area contributed by atoms with Gasteiger partial charge in [0, 0.05) is 12.1 Å². The zero-order valence-electron chi connectivity index (χ0n) is 10.7. The summed E-state index contributed by atoms with van der Waals surface area (Å²) < 4.78 is 0. The molecule has 1 fully saturated rings. The highest BCUT2D eigenvalue weighted by Gasteiger charge is 2.15. The fraction of sp³-hybridized carbons (Fsp3) is 0.833. The molecule has 1 saturated heterocycles. The molecule has 0 bridgehead atoms. The molecule has 0 radical (unpaired) electrons. The third-order valence-corrected chi connectivity index (χ3v) is 3.97. The average molecular weight is 254 g/mol. The molecule has 0 aromatic carbocycles. The van der Waals surface area contributed by atoms with E-state index >= 15 is 0 Å². The largest absolute Gasteiger partial charge is 0.358 e. The van der Waals surface area contributed by atoms with Crippen LogP contribution >= 0.6 is 11.3 Å². The molecule has 2 unspecified atom stereocenters. The molecule has 0 spiro atoms. The molecule has 0 aliphatic carbocycles. The average Bonchev–Trinajstić information content (AvgIpc) is 2.53. The van der Waals surface area contributed by atoms with Gasteiger partial charge >= 0.3 is 0 Å². The highest BCUT2D eigenvalue weighted by atomic mass is 32.1. The van der Waals surface area contributed by atoms with Crippen LogP contribution in [0.5, 0.6) is 0 Å². The van der Waals surface area contributed by atoms with E-state index in [1.807, 2.05) is 6.92 Å². The van der Waals surface area contributed by atoms with Gasteiger partial charge in [0.05, 0.1) is 0 Å². The van der Waals surface area contributed by atoms with E-state index in [0.29, 0.717) is 12.1 Å². The Kier molecular flexibility index (Phi) is 4.74. The van der Waals surface area contributed by atoms with Gasteiger partial charge in [-0.15, -0.1) is 10.2 Å². The van der Waals surface area contributed by atoms with Crippen LogP contribution in [0.2, 0.25) is 0 Å². The molecule has 0 saturated carbocycles. The lowest BCUT2D eigenvalue weighted by atomic mass is 10.0. The zero-order valence-corrected chi connectivity index (χ0v) is 11.5. The predicted octanol–water partition coefficient (Wildman–Crippen LogP) is 2.57. The summed E-state index contributed by atoms with van der Waals surface area (Å²) in [5, 5.41) is 17.2. The molecular weight excluding hydrogens is 232 g/mol. The van der Waals surface area contributed by atoms with Crippen molar-refractivity contribution in [1.29, 1.82) is 0 Å². The highest BCUT2D eigenvalue weighted by molar-refractivity contribution is 7.15. The lowest BCUT2D eigenvalue weighted by Crippen LogP contribution is -2.33. The van der Waals surface area contributed by atoms with Crippen molar-refractivity contribution in [3.63, 3.8) is 0 Å². The fourth-order valence-electron chi connectivity index (χ4n) is 2.35. The van der Waals surface area contributed by atoms with Gasteiger partial charge in [0.1, 0.15) is 5.01 Å². The van der Waals surface area contributed by atoms with Crippen molar-refractivity contribution in [2.24, 2.45) is 0 Å². The maximum atomic E-state index is 4.10. The van der Waals surface area contributed by atoms with Crippen LogP contribution in [0.25, 0.3) is 0 Å². The molecule has 1 aromatic rings. The van der Waals surface area contributed by atoms with E-state index in [0.717, 1.165) is 10.1 Å². The molecule has 1 aliphatic heterocycles. The predicted molar refractivity (Wildman–Crippen MR) is 72.6 cm³/mol. The van der Waals surface area contributed by atoms with Crippen LogP contribution in [0.4, 0.5) is 5.13 Å². The second-order valence-electron chi connectivity index (χ2n) is 4.91. The van der Waals surface area contributed by atoms with Crippen LogP contribution in [0.1, 0.15) is 44.0 Å². The molecule has 5 heteroatoms. The Morgan fingerprint density at radius 3 is 3.06 bits per heavy atom. The van der Waals surface area contributed by atoms with Crippen molar-refractivity contribution in [1.82, 2.24) is 15.5 Å². The van der Waals surface area contributed by atoms with E-state index in [1.54, 1.807) is 11.3 Å². The first kappa shape index (κ1) is 12.8. The first-order chi connectivity index (χ1) is 8.24. The molecule has 4 nitrogen and oxygen atoms in total. The second kappa shape index (κ2) is 6.31. The fourth-order valence-corrected chi connectivity index (χ4v) is 3.06. The number of rotatable bonds is 4. The summed E-state index contributed by atoms with van der Waals surface area (Å²) in [6.07, 6.45) is 6.54. The Morgan fingerprint density at radius 1 is 1.41 bits per heavy atom. The number of hydrogen-bond acceptors (Lipinski definition) is 5. The summed E-state index contributed by atoms with van der Waals surface area (Å²) >= 11 is 1.63. The highest BCUT2D eigenvalue weighted by Crippen LogP contribution is 2.18. The van der Waals surface area contributed by atoms with Crippen LogP contribution in [0.15, 0.2) is 0 Å². The normalized spacial score (nSPS) is 23.1. The minimum Gasteiger partial charge on any atom is -0.358 e. The van der Waals surface area contributed by atoms with Crippen LogP contribution in [-0.2, 0) is 0 Å². The second-order valence-corrected chi connectivity index (χ2v) is 6.09. The SMILES string of the molecule is Cc1nnc(NC(C)CC2CCCCCN2)s1. The van der Waals surface area contributed by atoms with E-state index < -0.39 is 0 Å². The van der Waals surface area contributed by atoms with Crippen molar-refractivity contribution >= 4 is 16.5 Å². The van der Waals surface area contributed by atoms with Gasteiger partial charge in [-0.05, 0) is 39.7 Å². The Balaban J connectivity index is 1.77. The standard InChI is InChI=1S/C12H22N4S/c1-9(14-12-16-15-10(2)17-12)8-11-6-4-3-5-7-13-11/h9,11,13H,3-8H2,1-2H3,(H,14,16). The lowest BCUT2D eigenvalue weighted by Gasteiger charge is -2.20. The number of nitrogens with zero attached hydrogens (tertiary/aromatic N) is 2. The molecule has 0 amide bonds. The number of aromatic nitrogens is 2. The van der Waals surface area contributed by atoms with E-state index in [1.165, 1.54) is 38.6 Å². The van der Waals surface area contributed by atoms with Crippen molar-refractivity contribution < 1.29 is 0 Å². The molecule has 2 heterocycles. The van der Waals surface area contributed by atoms with E-state index in [2.05, 4.69) is 27.8 Å². The van der Waals surface area contributed by atoms with Gasteiger partial charge in [0.2, 0.25) is 5.13 Å². The van der Waals surface area contributed by atoms with Crippen LogP contribution in [-0.4, -0.2) is 28.8 Å². The molecule has 17 heavy (non-hydrogen) atoms. The molecule has 1 aliphatic rings. The summed E-state index contributed by atoms with van der Waals surface area (Å²) in [6, 6.07) is 1.12. The zero-order chi connectivity index (χ0) is 12.1. The van der Waals surface area contributed by atoms with Gasteiger partial charge in [0.25, 0.3) is 0 Å². The first-order valence-corrected chi connectivity index (χ1v) is 7.35. The number of nitrogens with one attached hydrogen (secondary N) is 2. The molecule has 2 rings (SSSR count).